The number of hydrogen-bond donors (Lipinski definition) is 1. The van der Waals surface area contributed by atoms with Crippen LogP contribution in [-0.2, 0) is 14.3 Å². The first-order valence-corrected chi connectivity index (χ1v) is 6.04. The number of rotatable bonds is 6. The van der Waals surface area contributed by atoms with Gasteiger partial charge in [-0.05, 0) is 19.8 Å². The highest BCUT2D eigenvalue weighted by Gasteiger charge is 2.30. The van der Waals surface area contributed by atoms with Gasteiger partial charge in [0.1, 0.15) is 5.54 Å². The number of carbonyl (C=O) groups is 2. The SMILES string of the molecule is C/C=C/C=C/C(=O)OCC(=O)N[C@](C)(C#N)C(C)C. The van der Waals surface area contributed by atoms with Crippen LogP contribution in [0.3, 0.4) is 0 Å². The van der Waals surface area contributed by atoms with Crippen molar-refractivity contribution in [1.29, 1.82) is 5.26 Å². The molecule has 0 spiro atoms. The van der Waals surface area contributed by atoms with E-state index in [4.69, 9.17) is 10.00 Å². The highest BCUT2D eigenvalue weighted by Crippen LogP contribution is 2.14. The van der Waals surface area contributed by atoms with Crippen molar-refractivity contribution in [1.82, 2.24) is 5.32 Å². The van der Waals surface area contributed by atoms with Crippen LogP contribution in [0.2, 0.25) is 0 Å². The molecule has 19 heavy (non-hydrogen) atoms. The van der Waals surface area contributed by atoms with E-state index in [2.05, 4.69) is 5.32 Å². The van der Waals surface area contributed by atoms with E-state index in [9.17, 15) is 9.59 Å². The molecule has 0 rings (SSSR count). The molecule has 0 saturated heterocycles. The Morgan fingerprint density at radius 1 is 1.42 bits per heavy atom. The van der Waals surface area contributed by atoms with Crippen LogP contribution in [-0.4, -0.2) is 24.0 Å². The molecule has 0 aromatic heterocycles. The Bertz CT molecular complexity index is 419. The molecular formula is C14H20N2O3. The van der Waals surface area contributed by atoms with Crippen molar-refractivity contribution >= 4 is 11.9 Å². The molecule has 0 saturated carbocycles. The number of nitriles is 1. The lowest BCUT2D eigenvalue weighted by Crippen LogP contribution is -2.50. The third kappa shape index (κ3) is 6.41. The minimum Gasteiger partial charge on any atom is -0.452 e. The van der Waals surface area contributed by atoms with Crippen LogP contribution in [0.4, 0.5) is 0 Å². The summed E-state index contributed by atoms with van der Waals surface area (Å²) in [7, 11) is 0. The first-order chi connectivity index (χ1) is 8.85. The highest BCUT2D eigenvalue weighted by atomic mass is 16.5. The molecule has 104 valence electrons. The number of ether oxygens (including phenoxy) is 1. The summed E-state index contributed by atoms with van der Waals surface area (Å²) >= 11 is 0. The van der Waals surface area contributed by atoms with E-state index in [0.717, 1.165) is 0 Å². The smallest absolute Gasteiger partial charge is 0.331 e. The summed E-state index contributed by atoms with van der Waals surface area (Å²) in [5, 5.41) is 11.6. The average Bonchev–Trinajstić information content (AvgIpc) is 2.36. The number of allylic oxidation sites excluding steroid dienone is 3. The molecule has 0 aromatic rings. The van der Waals surface area contributed by atoms with E-state index >= 15 is 0 Å². The van der Waals surface area contributed by atoms with E-state index in [1.54, 1.807) is 19.1 Å². The lowest BCUT2D eigenvalue weighted by molar-refractivity contribution is -0.144. The summed E-state index contributed by atoms with van der Waals surface area (Å²) < 4.78 is 4.74. The molecule has 1 atom stereocenters. The molecule has 1 amide bonds. The molecule has 0 radical (unpaired) electrons. The third-order valence-electron chi connectivity index (χ3n) is 2.67. The minimum atomic E-state index is -0.968. The van der Waals surface area contributed by atoms with E-state index in [1.165, 1.54) is 12.2 Å². The van der Waals surface area contributed by atoms with Crippen molar-refractivity contribution in [3.05, 3.63) is 24.3 Å². The van der Waals surface area contributed by atoms with Gasteiger partial charge in [-0.2, -0.15) is 5.26 Å². The Kier molecular flexibility index (Phi) is 7.20. The fraction of sp³-hybridized carbons (Fsp3) is 0.500. The molecule has 0 aliphatic carbocycles. The van der Waals surface area contributed by atoms with Crippen LogP contribution < -0.4 is 5.32 Å². The summed E-state index contributed by atoms with van der Waals surface area (Å²) in [4.78, 5) is 22.8. The van der Waals surface area contributed by atoms with Crippen LogP contribution in [0.5, 0.6) is 0 Å². The predicted molar refractivity (Wildman–Crippen MR) is 71.9 cm³/mol. The average molecular weight is 264 g/mol. The number of hydrogen-bond acceptors (Lipinski definition) is 4. The second kappa shape index (κ2) is 8.09. The fourth-order valence-electron chi connectivity index (χ4n) is 1.06. The minimum absolute atomic E-state index is 0.0493. The maximum atomic E-state index is 11.6. The fourth-order valence-corrected chi connectivity index (χ4v) is 1.06. The molecule has 1 N–H and O–H groups in total. The number of esters is 1. The van der Waals surface area contributed by atoms with Gasteiger partial charge in [0, 0.05) is 6.08 Å². The van der Waals surface area contributed by atoms with Crippen LogP contribution >= 0.6 is 0 Å². The first kappa shape index (κ1) is 16.9. The largest absolute Gasteiger partial charge is 0.452 e. The van der Waals surface area contributed by atoms with E-state index < -0.39 is 24.0 Å². The lowest BCUT2D eigenvalue weighted by Gasteiger charge is -2.27. The molecule has 0 heterocycles. The van der Waals surface area contributed by atoms with Gasteiger partial charge in [-0.15, -0.1) is 0 Å². The van der Waals surface area contributed by atoms with Crippen molar-refractivity contribution in [3.8, 4) is 6.07 Å². The molecule has 0 bridgehead atoms. The topological polar surface area (TPSA) is 79.2 Å². The second-order valence-electron chi connectivity index (χ2n) is 4.51. The number of amides is 1. The van der Waals surface area contributed by atoms with Crippen molar-refractivity contribution < 1.29 is 14.3 Å². The van der Waals surface area contributed by atoms with Gasteiger partial charge in [-0.25, -0.2) is 4.79 Å². The summed E-state index contributed by atoms with van der Waals surface area (Å²) in [6, 6.07) is 2.04. The molecule has 5 heteroatoms. The summed E-state index contributed by atoms with van der Waals surface area (Å²) in [5.74, 6) is -1.14. The zero-order chi connectivity index (χ0) is 14.9. The second-order valence-corrected chi connectivity index (χ2v) is 4.51. The monoisotopic (exact) mass is 264 g/mol. The summed E-state index contributed by atoms with van der Waals surface area (Å²) in [5.41, 5.74) is -0.968. The van der Waals surface area contributed by atoms with E-state index in [0.29, 0.717) is 0 Å². The number of nitrogens with zero attached hydrogens (tertiary/aromatic N) is 1. The Labute approximate surface area is 113 Å². The summed E-state index contributed by atoms with van der Waals surface area (Å²) in [6.45, 7) is 6.70. The van der Waals surface area contributed by atoms with Gasteiger partial charge in [0.25, 0.3) is 5.91 Å². The van der Waals surface area contributed by atoms with Gasteiger partial charge in [-0.1, -0.05) is 32.1 Å². The van der Waals surface area contributed by atoms with E-state index in [1.807, 2.05) is 26.8 Å². The molecular weight excluding hydrogens is 244 g/mol. The van der Waals surface area contributed by atoms with Crippen molar-refractivity contribution in [2.75, 3.05) is 6.61 Å². The molecule has 0 unspecified atom stereocenters. The zero-order valence-electron chi connectivity index (χ0n) is 11.8. The van der Waals surface area contributed by atoms with Gasteiger partial charge < -0.3 is 10.1 Å². The molecule has 0 fully saturated rings. The van der Waals surface area contributed by atoms with Crippen LogP contribution in [0, 0.1) is 17.2 Å². The quantitative estimate of drug-likeness (QED) is 0.450. The summed E-state index contributed by atoms with van der Waals surface area (Å²) in [6.07, 6.45) is 6.18. The number of carbonyl (C=O) groups excluding carboxylic acids is 2. The van der Waals surface area contributed by atoms with Crippen molar-refractivity contribution in [3.63, 3.8) is 0 Å². The lowest BCUT2D eigenvalue weighted by atomic mass is 9.90. The molecule has 0 aromatic carbocycles. The first-order valence-electron chi connectivity index (χ1n) is 6.04. The molecule has 0 aliphatic heterocycles. The van der Waals surface area contributed by atoms with E-state index in [-0.39, 0.29) is 5.92 Å². The van der Waals surface area contributed by atoms with Gasteiger partial charge in [0.2, 0.25) is 0 Å². The van der Waals surface area contributed by atoms with Crippen molar-refractivity contribution in [2.24, 2.45) is 5.92 Å². The third-order valence-corrected chi connectivity index (χ3v) is 2.67. The van der Waals surface area contributed by atoms with Crippen LogP contribution in [0.1, 0.15) is 27.7 Å². The molecule has 5 nitrogen and oxygen atoms in total. The normalized spacial score (nSPS) is 14.3. The predicted octanol–water partition coefficient (Wildman–Crippen LogP) is 1.72. The van der Waals surface area contributed by atoms with Gasteiger partial charge in [-0.3, -0.25) is 4.79 Å². The maximum absolute atomic E-state index is 11.6. The standard InChI is InChI=1S/C14H20N2O3/c1-5-6-7-8-13(18)19-9-12(17)16-14(4,10-15)11(2)3/h5-8,11H,9H2,1-4H3,(H,16,17)/b6-5+,8-7+/t14-/m1/s1. The molecule has 0 aliphatic rings. The van der Waals surface area contributed by atoms with Crippen LogP contribution in [0.15, 0.2) is 24.3 Å². The van der Waals surface area contributed by atoms with Crippen molar-refractivity contribution in [2.45, 2.75) is 33.2 Å². The number of nitrogens with one attached hydrogen (secondary N) is 1. The Morgan fingerprint density at radius 2 is 2.05 bits per heavy atom. The van der Waals surface area contributed by atoms with Crippen LogP contribution in [0.25, 0.3) is 0 Å². The zero-order valence-corrected chi connectivity index (χ0v) is 11.8. The van der Waals surface area contributed by atoms with Gasteiger partial charge in [0.15, 0.2) is 6.61 Å². The van der Waals surface area contributed by atoms with Gasteiger partial charge in [0.05, 0.1) is 6.07 Å². The Balaban J connectivity index is 4.27. The highest BCUT2D eigenvalue weighted by molar-refractivity contribution is 5.86. The Hall–Kier alpha value is -2.09. The maximum Gasteiger partial charge on any atom is 0.331 e. The Morgan fingerprint density at radius 3 is 2.53 bits per heavy atom. The van der Waals surface area contributed by atoms with Gasteiger partial charge >= 0.3 is 5.97 Å².